The molecular weight excluding hydrogens is 136 g/mol. The molecule has 0 aliphatic heterocycles. The van der Waals surface area contributed by atoms with Gasteiger partial charge in [-0.2, -0.15) is 0 Å². The molecule has 2 heteroatoms. The number of hydrogen-bond donors (Lipinski definition) is 2. The summed E-state index contributed by atoms with van der Waals surface area (Å²) in [6, 6.07) is 5.81. The van der Waals surface area contributed by atoms with E-state index in [1.165, 1.54) is 18.4 Å². The van der Waals surface area contributed by atoms with Crippen molar-refractivity contribution >= 4 is 11.4 Å². The number of anilines is 2. The molecule has 1 aliphatic rings. The van der Waals surface area contributed by atoms with Crippen LogP contribution in [0.25, 0.3) is 0 Å². The van der Waals surface area contributed by atoms with Gasteiger partial charge >= 0.3 is 0 Å². The van der Waals surface area contributed by atoms with E-state index in [9.17, 15) is 0 Å². The van der Waals surface area contributed by atoms with Crippen molar-refractivity contribution in [1.29, 1.82) is 0 Å². The first-order valence-electron chi connectivity index (χ1n) is 3.92. The fourth-order valence-electron chi connectivity index (χ4n) is 1.36. The monoisotopic (exact) mass is 148 g/mol. The van der Waals surface area contributed by atoms with E-state index in [1.54, 1.807) is 0 Å². The van der Waals surface area contributed by atoms with Crippen LogP contribution in [-0.2, 0) is 0 Å². The SMILES string of the molecule is Nc1ccc(C2CC2)c(N)c1. The molecule has 1 fully saturated rings. The van der Waals surface area contributed by atoms with Gasteiger partial charge in [-0.15, -0.1) is 0 Å². The van der Waals surface area contributed by atoms with Gasteiger partial charge in [0.25, 0.3) is 0 Å². The molecule has 1 saturated carbocycles. The molecule has 1 aliphatic carbocycles. The molecule has 0 saturated heterocycles. The summed E-state index contributed by atoms with van der Waals surface area (Å²) in [6.07, 6.45) is 2.57. The maximum absolute atomic E-state index is 5.78. The zero-order chi connectivity index (χ0) is 7.84. The molecule has 2 rings (SSSR count). The van der Waals surface area contributed by atoms with Crippen LogP contribution in [0.4, 0.5) is 11.4 Å². The largest absolute Gasteiger partial charge is 0.399 e. The fourth-order valence-corrected chi connectivity index (χ4v) is 1.36. The van der Waals surface area contributed by atoms with Crippen LogP contribution in [0, 0.1) is 0 Å². The summed E-state index contributed by atoms with van der Waals surface area (Å²) < 4.78 is 0. The minimum Gasteiger partial charge on any atom is -0.399 e. The van der Waals surface area contributed by atoms with Crippen molar-refractivity contribution in [2.24, 2.45) is 0 Å². The Bertz CT molecular complexity index is 277. The maximum atomic E-state index is 5.78. The Morgan fingerprint density at radius 2 is 1.91 bits per heavy atom. The number of hydrogen-bond acceptors (Lipinski definition) is 2. The molecule has 58 valence electrons. The van der Waals surface area contributed by atoms with Crippen LogP contribution in [0.2, 0.25) is 0 Å². The van der Waals surface area contributed by atoms with Crippen molar-refractivity contribution in [3.63, 3.8) is 0 Å². The lowest BCUT2D eigenvalue weighted by Gasteiger charge is -2.03. The average molecular weight is 148 g/mol. The molecule has 1 aromatic rings. The summed E-state index contributed by atoms with van der Waals surface area (Å²) >= 11 is 0. The van der Waals surface area contributed by atoms with Crippen molar-refractivity contribution in [3.8, 4) is 0 Å². The molecule has 0 atom stereocenters. The highest BCUT2D eigenvalue weighted by molar-refractivity contribution is 5.58. The van der Waals surface area contributed by atoms with E-state index in [4.69, 9.17) is 11.5 Å². The number of nitrogens with two attached hydrogens (primary N) is 2. The molecule has 0 radical (unpaired) electrons. The molecule has 0 aromatic heterocycles. The van der Waals surface area contributed by atoms with Crippen molar-refractivity contribution in [1.82, 2.24) is 0 Å². The Morgan fingerprint density at radius 1 is 1.18 bits per heavy atom. The Balaban J connectivity index is 2.39. The second kappa shape index (κ2) is 2.16. The summed E-state index contributed by atoms with van der Waals surface area (Å²) in [5, 5.41) is 0. The minimum atomic E-state index is 0.718. The molecule has 2 nitrogen and oxygen atoms in total. The van der Waals surface area contributed by atoms with Gasteiger partial charge in [-0.3, -0.25) is 0 Å². The molecule has 0 bridgehead atoms. The molecule has 0 heterocycles. The summed E-state index contributed by atoms with van der Waals surface area (Å²) in [5.41, 5.74) is 14.2. The van der Waals surface area contributed by atoms with Crippen LogP contribution in [0.3, 0.4) is 0 Å². The second-order valence-electron chi connectivity index (χ2n) is 3.16. The van der Waals surface area contributed by atoms with Crippen LogP contribution < -0.4 is 11.5 Å². The number of benzene rings is 1. The highest BCUT2D eigenvalue weighted by Crippen LogP contribution is 2.42. The van der Waals surface area contributed by atoms with Crippen molar-refractivity contribution in [2.75, 3.05) is 11.5 Å². The fraction of sp³-hybridized carbons (Fsp3) is 0.333. The van der Waals surface area contributed by atoms with Crippen LogP contribution >= 0.6 is 0 Å². The first kappa shape index (κ1) is 6.53. The van der Waals surface area contributed by atoms with E-state index in [2.05, 4.69) is 0 Å². The van der Waals surface area contributed by atoms with Crippen LogP contribution in [-0.4, -0.2) is 0 Å². The molecular formula is C9H12N2. The Labute approximate surface area is 66.2 Å². The summed E-state index contributed by atoms with van der Waals surface area (Å²) in [5.74, 6) is 0.718. The topological polar surface area (TPSA) is 52.0 Å². The van der Waals surface area contributed by atoms with Crippen LogP contribution in [0.1, 0.15) is 24.3 Å². The predicted molar refractivity (Wildman–Crippen MR) is 47.2 cm³/mol. The number of rotatable bonds is 1. The maximum Gasteiger partial charge on any atom is 0.0370 e. The van der Waals surface area contributed by atoms with Gasteiger partial charge in [0.1, 0.15) is 0 Å². The summed E-state index contributed by atoms with van der Waals surface area (Å²) in [6.45, 7) is 0. The van der Waals surface area contributed by atoms with E-state index in [-0.39, 0.29) is 0 Å². The Kier molecular flexibility index (Phi) is 1.28. The highest BCUT2D eigenvalue weighted by Gasteiger charge is 2.24. The van der Waals surface area contributed by atoms with Gasteiger partial charge in [-0.25, -0.2) is 0 Å². The van der Waals surface area contributed by atoms with Crippen molar-refractivity contribution in [3.05, 3.63) is 23.8 Å². The minimum absolute atomic E-state index is 0.718. The lowest BCUT2D eigenvalue weighted by Crippen LogP contribution is -1.94. The first-order valence-corrected chi connectivity index (χ1v) is 3.92. The van der Waals surface area contributed by atoms with Crippen molar-refractivity contribution in [2.45, 2.75) is 18.8 Å². The molecule has 0 unspecified atom stereocenters. The smallest absolute Gasteiger partial charge is 0.0370 e. The molecule has 4 N–H and O–H groups in total. The van der Waals surface area contributed by atoms with E-state index in [0.29, 0.717) is 0 Å². The molecule has 0 amide bonds. The quantitative estimate of drug-likeness (QED) is 0.596. The third kappa shape index (κ3) is 1.16. The third-order valence-electron chi connectivity index (χ3n) is 2.13. The lowest BCUT2D eigenvalue weighted by atomic mass is 10.1. The third-order valence-corrected chi connectivity index (χ3v) is 2.13. The van der Waals surface area contributed by atoms with Gasteiger partial charge < -0.3 is 11.5 Å². The van der Waals surface area contributed by atoms with Gasteiger partial charge in [-0.05, 0) is 36.5 Å². The van der Waals surface area contributed by atoms with Crippen LogP contribution in [0.15, 0.2) is 18.2 Å². The van der Waals surface area contributed by atoms with Gasteiger partial charge in [0.2, 0.25) is 0 Å². The van der Waals surface area contributed by atoms with Gasteiger partial charge in [0.15, 0.2) is 0 Å². The van der Waals surface area contributed by atoms with E-state index in [0.717, 1.165) is 17.3 Å². The Hall–Kier alpha value is -1.18. The van der Waals surface area contributed by atoms with Gasteiger partial charge in [-0.1, -0.05) is 6.07 Å². The van der Waals surface area contributed by atoms with Gasteiger partial charge in [0, 0.05) is 11.4 Å². The molecule has 0 spiro atoms. The highest BCUT2D eigenvalue weighted by atomic mass is 14.6. The predicted octanol–water partition coefficient (Wildman–Crippen LogP) is 1.73. The van der Waals surface area contributed by atoms with E-state index >= 15 is 0 Å². The molecule has 1 aromatic carbocycles. The zero-order valence-corrected chi connectivity index (χ0v) is 6.38. The molecule has 11 heavy (non-hydrogen) atoms. The van der Waals surface area contributed by atoms with Crippen LogP contribution in [0.5, 0.6) is 0 Å². The standard InChI is InChI=1S/C9H12N2/c10-7-3-4-8(6-1-2-6)9(11)5-7/h3-6H,1-2,10-11H2. The zero-order valence-electron chi connectivity index (χ0n) is 6.38. The van der Waals surface area contributed by atoms with E-state index < -0.39 is 0 Å². The van der Waals surface area contributed by atoms with Crippen molar-refractivity contribution < 1.29 is 0 Å². The normalized spacial score (nSPS) is 16.7. The summed E-state index contributed by atoms with van der Waals surface area (Å²) in [4.78, 5) is 0. The second-order valence-corrected chi connectivity index (χ2v) is 3.16. The van der Waals surface area contributed by atoms with Gasteiger partial charge in [0.05, 0.1) is 0 Å². The first-order chi connectivity index (χ1) is 5.27. The number of nitrogen functional groups attached to an aromatic ring is 2. The van der Waals surface area contributed by atoms with E-state index in [1.807, 2.05) is 18.2 Å². The summed E-state index contributed by atoms with van der Waals surface area (Å²) in [7, 11) is 0. The lowest BCUT2D eigenvalue weighted by molar-refractivity contribution is 1.14. The average Bonchev–Trinajstić information content (AvgIpc) is 2.70. The Morgan fingerprint density at radius 3 is 2.45 bits per heavy atom.